The van der Waals surface area contributed by atoms with Crippen LogP contribution in [0.1, 0.15) is 31.4 Å². The molecular formula is C23H21F3. The van der Waals surface area contributed by atoms with Crippen LogP contribution in [-0.4, -0.2) is 0 Å². The number of hydrogen-bond acceptors (Lipinski definition) is 0. The molecule has 0 atom stereocenters. The lowest BCUT2D eigenvalue weighted by molar-refractivity contribution is 0.503. The molecule has 3 aromatic rings. The highest BCUT2D eigenvalue weighted by Crippen LogP contribution is 2.33. The topological polar surface area (TPSA) is 0 Å². The van der Waals surface area contributed by atoms with Crippen molar-refractivity contribution in [3.8, 4) is 11.1 Å². The molecule has 0 radical (unpaired) electrons. The lowest BCUT2D eigenvalue weighted by atomic mass is 9.96. The van der Waals surface area contributed by atoms with Crippen LogP contribution >= 0.6 is 0 Å². The maximum atomic E-state index is 15.0. The van der Waals surface area contributed by atoms with Gasteiger partial charge in [-0.15, -0.1) is 0 Å². The number of halogens is 3. The van der Waals surface area contributed by atoms with Gasteiger partial charge in [0, 0.05) is 5.56 Å². The minimum Gasteiger partial charge on any atom is -0.206 e. The van der Waals surface area contributed by atoms with E-state index in [-0.39, 0.29) is 16.5 Å². The van der Waals surface area contributed by atoms with Crippen LogP contribution in [-0.2, 0) is 12.8 Å². The van der Waals surface area contributed by atoms with Gasteiger partial charge in [0.15, 0.2) is 11.6 Å². The summed E-state index contributed by atoms with van der Waals surface area (Å²) in [5, 5.41) is 0.0966. The molecule has 3 heteroatoms. The van der Waals surface area contributed by atoms with Crippen LogP contribution in [0.25, 0.3) is 21.9 Å². The molecule has 0 aliphatic carbocycles. The molecule has 0 bridgehead atoms. The van der Waals surface area contributed by atoms with Crippen molar-refractivity contribution in [2.24, 2.45) is 0 Å². The molecule has 0 saturated carbocycles. The zero-order chi connectivity index (χ0) is 18.7. The lowest BCUT2D eigenvalue weighted by Gasteiger charge is -2.11. The molecule has 0 aliphatic rings. The van der Waals surface area contributed by atoms with Crippen LogP contribution in [0, 0.1) is 17.5 Å². The Morgan fingerprint density at radius 3 is 2.27 bits per heavy atom. The molecule has 134 valence electrons. The minimum absolute atomic E-state index is 0.257. The lowest BCUT2D eigenvalue weighted by Crippen LogP contribution is -1.98. The maximum absolute atomic E-state index is 15.0. The summed E-state index contributed by atoms with van der Waals surface area (Å²) in [7, 11) is 0. The fourth-order valence-electron chi connectivity index (χ4n) is 3.18. The highest BCUT2D eigenvalue weighted by atomic mass is 19.2. The molecular weight excluding hydrogens is 333 g/mol. The van der Waals surface area contributed by atoms with Crippen LogP contribution in [0.2, 0.25) is 0 Å². The largest absolute Gasteiger partial charge is 0.206 e. The van der Waals surface area contributed by atoms with Gasteiger partial charge in [-0.25, -0.2) is 13.2 Å². The van der Waals surface area contributed by atoms with Gasteiger partial charge in [0.05, 0.1) is 5.39 Å². The predicted octanol–water partition coefficient (Wildman–Crippen LogP) is 7.00. The van der Waals surface area contributed by atoms with Crippen molar-refractivity contribution in [2.45, 2.75) is 33.1 Å². The third kappa shape index (κ3) is 3.39. The summed E-state index contributed by atoms with van der Waals surface area (Å²) in [4.78, 5) is 0. The van der Waals surface area contributed by atoms with E-state index in [9.17, 15) is 13.2 Å². The number of benzene rings is 3. The Bertz CT molecular complexity index is 954. The van der Waals surface area contributed by atoms with Crippen molar-refractivity contribution in [3.05, 3.63) is 83.2 Å². The van der Waals surface area contributed by atoms with Gasteiger partial charge in [-0.1, -0.05) is 55.5 Å². The van der Waals surface area contributed by atoms with Crippen molar-refractivity contribution in [2.75, 3.05) is 0 Å². The Morgan fingerprint density at radius 2 is 1.62 bits per heavy atom. The third-order valence-corrected chi connectivity index (χ3v) is 4.68. The molecule has 0 aliphatic heterocycles. The smallest absolute Gasteiger partial charge is 0.169 e. The first-order valence-electron chi connectivity index (χ1n) is 8.86. The fourth-order valence-corrected chi connectivity index (χ4v) is 3.18. The van der Waals surface area contributed by atoms with E-state index in [1.807, 2.05) is 37.3 Å². The molecule has 3 aromatic carbocycles. The van der Waals surface area contributed by atoms with Gasteiger partial charge >= 0.3 is 0 Å². The number of rotatable bonds is 5. The van der Waals surface area contributed by atoms with Gasteiger partial charge in [-0.2, -0.15) is 0 Å². The summed E-state index contributed by atoms with van der Waals surface area (Å²) in [6.45, 7) is 3.73. The summed E-state index contributed by atoms with van der Waals surface area (Å²) < 4.78 is 43.5. The fraction of sp³-hybridized carbons (Fsp3) is 0.217. The Morgan fingerprint density at radius 1 is 0.885 bits per heavy atom. The molecule has 0 nitrogen and oxygen atoms in total. The number of fused-ring (bicyclic) bond motifs is 1. The maximum Gasteiger partial charge on any atom is 0.169 e. The van der Waals surface area contributed by atoms with Crippen molar-refractivity contribution in [1.82, 2.24) is 0 Å². The van der Waals surface area contributed by atoms with Crippen LogP contribution < -0.4 is 0 Å². The Labute approximate surface area is 152 Å². The standard InChI is InChI=1S/C23H21F3/c1-3-5-6-7-15-8-10-17(11-9-15)19-13-12-18-14-16(4-2)21(24)23(26)20(18)22(19)25/h3,5,8-14H,4,6-7H2,1-2H3/b5-3+. The van der Waals surface area contributed by atoms with E-state index in [0.29, 0.717) is 17.4 Å². The van der Waals surface area contributed by atoms with Gasteiger partial charge in [-0.3, -0.25) is 0 Å². The second-order valence-corrected chi connectivity index (χ2v) is 6.35. The first-order valence-corrected chi connectivity index (χ1v) is 8.86. The van der Waals surface area contributed by atoms with Crippen LogP contribution in [0.5, 0.6) is 0 Å². The van der Waals surface area contributed by atoms with E-state index in [2.05, 4.69) is 6.08 Å². The average Bonchev–Trinajstić information content (AvgIpc) is 2.65. The monoisotopic (exact) mass is 354 g/mol. The van der Waals surface area contributed by atoms with E-state index >= 15 is 0 Å². The number of hydrogen-bond donors (Lipinski definition) is 0. The number of allylic oxidation sites excluding steroid dienone is 2. The summed E-state index contributed by atoms with van der Waals surface area (Å²) in [6, 6.07) is 12.3. The SMILES string of the molecule is C/C=C/CCc1ccc(-c2ccc3cc(CC)c(F)c(F)c3c2F)cc1. The van der Waals surface area contributed by atoms with Crippen LogP contribution in [0.3, 0.4) is 0 Å². The van der Waals surface area contributed by atoms with Gasteiger partial charge in [0.1, 0.15) is 5.82 Å². The summed E-state index contributed by atoms with van der Waals surface area (Å²) >= 11 is 0. The van der Waals surface area contributed by atoms with Crippen LogP contribution in [0.4, 0.5) is 13.2 Å². The zero-order valence-corrected chi connectivity index (χ0v) is 15.0. The Hall–Kier alpha value is -2.55. The highest BCUT2D eigenvalue weighted by Gasteiger charge is 2.18. The van der Waals surface area contributed by atoms with E-state index in [1.54, 1.807) is 19.1 Å². The average molecular weight is 354 g/mol. The molecule has 0 unspecified atom stereocenters. The minimum atomic E-state index is -1.11. The summed E-state index contributed by atoms with van der Waals surface area (Å²) in [6.07, 6.45) is 6.32. The second-order valence-electron chi connectivity index (χ2n) is 6.35. The Balaban J connectivity index is 2.03. The molecule has 3 rings (SSSR count). The van der Waals surface area contributed by atoms with E-state index in [1.165, 1.54) is 6.07 Å². The van der Waals surface area contributed by atoms with Crippen molar-refractivity contribution >= 4 is 10.8 Å². The predicted molar refractivity (Wildman–Crippen MR) is 102 cm³/mol. The highest BCUT2D eigenvalue weighted by molar-refractivity contribution is 5.89. The summed E-state index contributed by atoms with van der Waals surface area (Å²) in [5.41, 5.74) is 2.34. The first-order chi connectivity index (χ1) is 12.6. The molecule has 0 spiro atoms. The second kappa shape index (κ2) is 7.77. The Kier molecular flexibility index (Phi) is 5.46. The molecule has 0 heterocycles. The molecule has 0 N–H and O–H groups in total. The summed E-state index contributed by atoms with van der Waals surface area (Å²) in [5.74, 6) is -2.79. The quantitative estimate of drug-likeness (QED) is 0.433. The third-order valence-electron chi connectivity index (χ3n) is 4.68. The molecule has 0 saturated heterocycles. The normalized spacial score (nSPS) is 11.6. The zero-order valence-electron chi connectivity index (χ0n) is 15.0. The van der Waals surface area contributed by atoms with Crippen molar-refractivity contribution in [1.29, 1.82) is 0 Å². The first kappa shape index (κ1) is 18.2. The van der Waals surface area contributed by atoms with Gasteiger partial charge in [0.25, 0.3) is 0 Å². The molecule has 26 heavy (non-hydrogen) atoms. The van der Waals surface area contributed by atoms with Crippen molar-refractivity contribution in [3.63, 3.8) is 0 Å². The number of aryl methyl sites for hydroxylation is 2. The van der Waals surface area contributed by atoms with Crippen molar-refractivity contribution < 1.29 is 13.2 Å². The van der Waals surface area contributed by atoms with Gasteiger partial charge < -0.3 is 0 Å². The van der Waals surface area contributed by atoms with Crippen LogP contribution in [0.15, 0.2) is 54.6 Å². The molecule has 0 amide bonds. The molecule has 0 aromatic heterocycles. The van der Waals surface area contributed by atoms with E-state index in [0.717, 1.165) is 18.4 Å². The van der Waals surface area contributed by atoms with E-state index < -0.39 is 17.5 Å². The van der Waals surface area contributed by atoms with E-state index in [4.69, 9.17) is 0 Å². The van der Waals surface area contributed by atoms with Gasteiger partial charge in [0.2, 0.25) is 0 Å². The molecule has 0 fully saturated rings. The van der Waals surface area contributed by atoms with Gasteiger partial charge in [-0.05, 0) is 54.3 Å².